The van der Waals surface area contributed by atoms with E-state index in [1.807, 2.05) is 24.3 Å². The van der Waals surface area contributed by atoms with Gasteiger partial charge >= 0.3 is 5.69 Å². The van der Waals surface area contributed by atoms with E-state index in [0.29, 0.717) is 13.1 Å². The molecule has 0 bridgehead atoms. The lowest BCUT2D eigenvalue weighted by Gasteiger charge is -2.09. The molecule has 1 aromatic carbocycles. The van der Waals surface area contributed by atoms with Crippen molar-refractivity contribution in [2.45, 2.75) is 32.9 Å². The van der Waals surface area contributed by atoms with Crippen LogP contribution in [0.5, 0.6) is 0 Å². The van der Waals surface area contributed by atoms with Crippen LogP contribution in [-0.2, 0) is 24.3 Å². The Hall–Kier alpha value is -2.70. The number of nitrogens with zero attached hydrogens (tertiary/aromatic N) is 3. The Morgan fingerprint density at radius 1 is 1.36 bits per heavy atom. The highest BCUT2D eigenvalue weighted by Crippen LogP contribution is 2.10. The molecule has 0 unspecified atom stereocenters. The maximum Gasteiger partial charge on any atom is 0.306 e. The third-order valence-corrected chi connectivity index (χ3v) is 3.37. The number of rotatable bonds is 7. The summed E-state index contributed by atoms with van der Waals surface area (Å²) in [5.41, 5.74) is 2.25. The third kappa shape index (κ3) is 4.15. The average Bonchev–Trinajstić information content (AvgIpc) is 3.00. The summed E-state index contributed by atoms with van der Waals surface area (Å²) in [4.78, 5) is 21.9. The van der Waals surface area contributed by atoms with E-state index in [4.69, 9.17) is 0 Å². The number of benzene rings is 1. The second kappa shape index (κ2) is 7.35. The second-order valence-corrected chi connectivity index (χ2v) is 4.87. The van der Waals surface area contributed by atoms with Gasteiger partial charge in [-0.3, -0.25) is 19.6 Å². The number of aryl methyl sites for hydroxylation is 2. The van der Waals surface area contributed by atoms with E-state index in [1.54, 1.807) is 0 Å². The van der Waals surface area contributed by atoms with Crippen LogP contribution < -0.4 is 5.32 Å². The zero-order valence-electron chi connectivity index (χ0n) is 12.4. The minimum atomic E-state index is -0.509. The molecule has 7 heteroatoms. The van der Waals surface area contributed by atoms with Crippen LogP contribution in [0.3, 0.4) is 0 Å². The molecule has 2 aromatic rings. The van der Waals surface area contributed by atoms with Crippen LogP contribution in [-0.4, -0.2) is 20.6 Å². The van der Waals surface area contributed by atoms with E-state index in [1.165, 1.54) is 22.6 Å². The van der Waals surface area contributed by atoms with Gasteiger partial charge in [-0.15, -0.1) is 0 Å². The lowest BCUT2D eigenvalue weighted by atomic mass is 10.1. The van der Waals surface area contributed by atoms with Crippen LogP contribution in [0, 0.1) is 10.1 Å². The Labute approximate surface area is 128 Å². The number of carbonyl (C=O) groups is 1. The van der Waals surface area contributed by atoms with Gasteiger partial charge in [0.15, 0.2) is 0 Å². The van der Waals surface area contributed by atoms with Gasteiger partial charge < -0.3 is 5.32 Å². The summed E-state index contributed by atoms with van der Waals surface area (Å²) in [5.74, 6) is -0.107. The van der Waals surface area contributed by atoms with Crippen molar-refractivity contribution in [1.82, 2.24) is 15.1 Å². The monoisotopic (exact) mass is 302 g/mol. The molecule has 1 aromatic heterocycles. The van der Waals surface area contributed by atoms with E-state index >= 15 is 0 Å². The first kappa shape index (κ1) is 15.7. The number of nitro groups is 1. The van der Waals surface area contributed by atoms with Gasteiger partial charge in [0, 0.05) is 19.5 Å². The normalized spacial score (nSPS) is 10.4. The summed E-state index contributed by atoms with van der Waals surface area (Å²) in [6.45, 7) is 2.88. The Bertz CT molecular complexity index is 666. The van der Waals surface area contributed by atoms with Crippen molar-refractivity contribution >= 4 is 11.6 Å². The fourth-order valence-electron chi connectivity index (χ4n) is 2.14. The van der Waals surface area contributed by atoms with Gasteiger partial charge in [-0.25, -0.2) is 0 Å². The topological polar surface area (TPSA) is 90.1 Å². The molecule has 0 aliphatic rings. The highest BCUT2D eigenvalue weighted by molar-refractivity contribution is 5.75. The number of hydrogen-bond donors (Lipinski definition) is 1. The first-order valence-electron chi connectivity index (χ1n) is 7.10. The number of hydrogen-bond acceptors (Lipinski definition) is 4. The lowest BCUT2D eigenvalue weighted by Crippen LogP contribution is -2.24. The van der Waals surface area contributed by atoms with Crippen LogP contribution in [0.15, 0.2) is 36.7 Å². The van der Waals surface area contributed by atoms with Crippen LogP contribution >= 0.6 is 0 Å². The van der Waals surface area contributed by atoms with Crippen molar-refractivity contribution in [2.24, 2.45) is 0 Å². The molecule has 0 fully saturated rings. The van der Waals surface area contributed by atoms with Crippen LogP contribution in [0.25, 0.3) is 0 Å². The molecule has 1 N–H and O–H groups in total. The Balaban J connectivity index is 1.81. The van der Waals surface area contributed by atoms with Gasteiger partial charge in [-0.2, -0.15) is 5.10 Å². The molecule has 1 heterocycles. The molecule has 7 nitrogen and oxygen atoms in total. The van der Waals surface area contributed by atoms with Crippen molar-refractivity contribution in [1.29, 1.82) is 0 Å². The fourth-order valence-corrected chi connectivity index (χ4v) is 2.14. The van der Waals surface area contributed by atoms with Crippen molar-refractivity contribution in [3.63, 3.8) is 0 Å². The van der Waals surface area contributed by atoms with Crippen molar-refractivity contribution in [2.75, 3.05) is 0 Å². The molecule has 0 aliphatic heterocycles. The smallest absolute Gasteiger partial charge is 0.306 e. The highest BCUT2D eigenvalue weighted by atomic mass is 16.6. The van der Waals surface area contributed by atoms with Crippen LogP contribution in [0.1, 0.15) is 24.5 Å². The summed E-state index contributed by atoms with van der Waals surface area (Å²) in [6, 6.07) is 7.97. The van der Waals surface area contributed by atoms with Crippen LogP contribution in [0.4, 0.5) is 5.69 Å². The maximum atomic E-state index is 11.8. The predicted molar refractivity (Wildman–Crippen MR) is 81.2 cm³/mol. The largest absolute Gasteiger partial charge is 0.352 e. The van der Waals surface area contributed by atoms with Gasteiger partial charge in [-0.1, -0.05) is 31.2 Å². The molecule has 0 saturated carbocycles. The van der Waals surface area contributed by atoms with E-state index in [2.05, 4.69) is 17.3 Å². The molecule has 22 heavy (non-hydrogen) atoms. The van der Waals surface area contributed by atoms with E-state index in [0.717, 1.165) is 12.0 Å². The molecule has 0 saturated heterocycles. The van der Waals surface area contributed by atoms with Gasteiger partial charge in [0.1, 0.15) is 12.4 Å². The minimum Gasteiger partial charge on any atom is -0.352 e. The van der Waals surface area contributed by atoms with E-state index in [-0.39, 0.29) is 18.0 Å². The van der Waals surface area contributed by atoms with Gasteiger partial charge in [-0.05, 0) is 17.5 Å². The van der Waals surface area contributed by atoms with Crippen molar-refractivity contribution in [3.05, 3.63) is 57.9 Å². The molecule has 116 valence electrons. The molecular formula is C15H18N4O3. The number of carbonyl (C=O) groups excluding carboxylic acids is 1. The molecule has 1 amide bonds. The summed E-state index contributed by atoms with van der Waals surface area (Å²) >= 11 is 0. The first-order chi connectivity index (χ1) is 10.6. The van der Waals surface area contributed by atoms with Crippen molar-refractivity contribution in [3.8, 4) is 0 Å². The highest BCUT2D eigenvalue weighted by Gasteiger charge is 2.10. The Kier molecular flexibility index (Phi) is 5.24. The predicted octanol–water partition coefficient (Wildman–Crippen LogP) is 2.06. The molecule has 2 rings (SSSR count). The summed E-state index contributed by atoms with van der Waals surface area (Å²) < 4.78 is 1.40. The van der Waals surface area contributed by atoms with Gasteiger partial charge in [0.2, 0.25) is 5.91 Å². The summed E-state index contributed by atoms with van der Waals surface area (Å²) in [6.07, 6.45) is 3.64. The number of amides is 1. The molecule has 0 spiro atoms. The standard InChI is InChI=1S/C15H18N4O3/c1-2-12-5-3-4-6-13(12)9-16-15(20)7-8-18-11-14(10-17-18)19(21)22/h3-6,10-11H,2,7-9H2,1H3,(H,16,20). The third-order valence-electron chi connectivity index (χ3n) is 3.37. The van der Waals surface area contributed by atoms with Gasteiger partial charge in [0.25, 0.3) is 0 Å². The summed E-state index contributed by atoms with van der Waals surface area (Å²) in [7, 11) is 0. The van der Waals surface area contributed by atoms with Gasteiger partial charge in [0.05, 0.1) is 4.92 Å². The maximum absolute atomic E-state index is 11.8. The minimum absolute atomic E-state index is 0.0720. The molecule has 0 aliphatic carbocycles. The lowest BCUT2D eigenvalue weighted by molar-refractivity contribution is -0.385. The molecular weight excluding hydrogens is 284 g/mol. The van der Waals surface area contributed by atoms with E-state index < -0.39 is 4.92 Å². The second-order valence-electron chi connectivity index (χ2n) is 4.87. The Morgan fingerprint density at radius 2 is 2.09 bits per heavy atom. The van der Waals surface area contributed by atoms with E-state index in [9.17, 15) is 14.9 Å². The zero-order valence-corrected chi connectivity index (χ0v) is 12.4. The van der Waals surface area contributed by atoms with Crippen LogP contribution in [0.2, 0.25) is 0 Å². The number of nitrogens with one attached hydrogen (secondary N) is 1. The number of aromatic nitrogens is 2. The first-order valence-corrected chi connectivity index (χ1v) is 7.10. The molecule has 0 radical (unpaired) electrons. The fraction of sp³-hybridized carbons (Fsp3) is 0.333. The Morgan fingerprint density at radius 3 is 2.73 bits per heavy atom. The SMILES string of the molecule is CCc1ccccc1CNC(=O)CCn1cc([N+](=O)[O-])cn1. The average molecular weight is 302 g/mol. The zero-order chi connectivity index (χ0) is 15.9. The quantitative estimate of drug-likeness (QED) is 0.626. The summed E-state index contributed by atoms with van der Waals surface area (Å²) in [5, 5.41) is 17.3. The van der Waals surface area contributed by atoms with Crippen molar-refractivity contribution < 1.29 is 9.72 Å². The molecule has 0 atom stereocenters.